The second-order valence-corrected chi connectivity index (χ2v) is 6.62. The lowest BCUT2D eigenvalue weighted by Crippen LogP contribution is -2.18. The predicted octanol–water partition coefficient (Wildman–Crippen LogP) is 2.44. The summed E-state index contributed by atoms with van der Waals surface area (Å²) in [5.41, 5.74) is -1.91. The molecule has 1 N–H and O–H groups in total. The minimum atomic E-state index is -0.961. The molecule has 2 rings (SSSR count). The van der Waals surface area contributed by atoms with Crippen molar-refractivity contribution >= 4 is 33.7 Å². The molecule has 21 heavy (non-hydrogen) atoms. The van der Waals surface area contributed by atoms with E-state index in [0.717, 1.165) is 40.9 Å². The number of hydrogen-bond acceptors (Lipinski definition) is 8. The first-order chi connectivity index (χ1) is 10.0. The second-order valence-electron chi connectivity index (χ2n) is 4.32. The normalized spacial score (nSPS) is 11.1. The number of hydrogen-bond donors (Lipinski definition) is 1. The molecule has 0 bridgehead atoms. The smallest absolute Gasteiger partial charge is 0.397 e. The lowest BCUT2D eigenvalue weighted by molar-refractivity contribution is -0.387. The summed E-state index contributed by atoms with van der Waals surface area (Å²) in [5.74, 6) is -0.00372. The summed E-state index contributed by atoms with van der Waals surface area (Å²) in [6.07, 6.45) is 4.52. The number of aromatic nitrogens is 3. The Balaban J connectivity index is 2.20. The van der Waals surface area contributed by atoms with Crippen LogP contribution < -0.4 is 5.56 Å². The highest BCUT2D eigenvalue weighted by atomic mass is 32.2. The van der Waals surface area contributed by atoms with Crippen LogP contribution in [0, 0.1) is 10.1 Å². The number of aromatic hydroxyl groups is 1. The third-order valence-electron chi connectivity index (χ3n) is 2.76. The highest BCUT2D eigenvalue weighted by molar-refractivity contribution is 8.01. The Morgan fingerprint density at radius 3 is 2.86 bits per heavy atom. The molecule has 0 aliphatic rings. The van der Waals surface area contributed by atoms with Gasteiger partial charge in [0, 0.05) is 5.75 Å². The lowest BCUT2D eigenvalue weighted by Gasteiger charge is -1.96. The third kappa shape index (κ3) is 3.50. The molecule has 10 heteroatoms. The van der Waals surface area contributed by atoms with Crippen LogP contribution in [-0.4, -0.2) is 30.4 Å². The van der Waals surface area contributed by atoms with Gasteiger partial charge in [0.15, 0.2) is 4.34 Å². The van der Waals surface area contributed by atoms with Gasteiger partial charge in [-0.15, -0.1) is 5.10 Å². The van der Waals surface area contributed by atoms with Crippen molar-refractivity contribution in [1.29, 1.82) is 0 Å². The van der Waals surface area contributed by atoms with Crippen LogP contribution in [0.4, 0.5) is 5.69 Å². The molecule has 0 aliphatic carbocycles. The van der Waals surface area contributed by atoms with Crippen molar-refractivity contribution in [3.63, 3.8) is 0 Å². The van der Waals surface area contributed by atoms with E-state index in [-0.39, 0.29) is 4.96 Å². The first-order valence-electron chi connectivity index (χ1n) is 6.44. The van der Waals surface area contributed by atoms with E-state index in [1.165, 1.54) is 18.2 Å². The van der Waals surface area contributed by atoms with Crippen LogP contribution in [0.25, 0.3) is 4.96 Å². The monoisotopic (exact) mass is 330 g/mol. The Kier molecular flexibility index (Phi) is 5.12. The molecule has 0 unspecified atom stereocenters. The quantitative estimate of drug-likeness (QED) is 0.359. The Hall–Kier alpha value is -1.68. The van der Waals surface area contributed by atoms with E-state index < -0.39 is 22.0 Å². The summed E-state index contributed by atoms with van der Waals surface area (Å²) in [7, 11) is 0. The van der Waals surface area contributed by atoms with Crippen LogP contribution in [0.1, 0.15) is 32.6 Å². The number of rotatable bonds is 7. The Morgan fingerprint density at radius 2 is 2.19 bits per heavy atom. The van der Waals surface area contributed by atoms with Crippen LogP contribution in [0.3, 0.4) is 0 Å². The minimum absolute atomic E-state index is 0.152. The van der Waals surface area contributed by atoms with E-state index in [0.29, 0.717) is 4.34 Å². The highest BCUT2D eigenvalue weighted by Gasteiger charge is 2.25. The van der Waals surface area contributed by atoms with Gasteiger partial charge in [0.1, 0.15) is 0 Å². The van der Waals surface area contributed by atoms with Crippen molar-refractivity contribution in [2.75, 3.05) is 5.75 Å². The summed E-state index contributed by atoms with van der Waals surface area (Å²) in [4.78, 5) is 25.5. The maximum Gasteiger partial charge on any atom is 0.397 e. The van der Waals surface area contributed by atoms with Crippen molar-refractivity contribution < 1.29 is 10.0 Å². The fraction of sp³-hybridized carbons (Fsp3) is 0.545. The largest absolute Gasteiger partial charge is 0.488 e. The molecule has 8 nitrogen and oxygen atoms in total. The molecule has 0 saturated carbocycles. The molecule has 2 aromatic rings. The van der Waals surface area contributed by atoms with Crippen molar-refractivity contribution in [3.8, 4) is 5.88 Å². The minimum Gasteiger partial charge on any atom is -0.488 e. The molecule has 2 heterocycles. The van der Waals surface area contributed by atoms with Gasteiger partial charge < -0.3 is 5.11 Å². The third-order valence-corrected chi connectivity index (χ3v) is 4.88. The summed E-state index contributed by atoms with van der Waals surface area (Å²) in [6, 6.07) is 0. The summed E-state index contributed by atoms with van der Waals surface area (Å²) >= 11 is 2.61. The molecule has 114 valence electrons. The molecule has 0 atom stereocenters. The molecule has 0 aromatic carbocycles. The zero-order valence-electron chi connectivity index (χ0n) is 11.3. The van der Waals surface area contributed by atoms with E-state index in [9.17, 15) is 20.0 Å². The molecule has 0 fully saturated rings. The van der Waals surface area contributed by atoms with Gasteiger partial charge in [-0.2, -0.15) is 9.50 Å². The number of unbranched alkanes of at least 4 members (excludes halogenated alkanes) is 3. The Bertz CT molecular complexity index is 712. The van der Waals surface area contributed by atoms with Gasteiger partial charge in [-0.3, -0.25) is 14.9 Å². The van der Waals surface area contributed by atoms with Gasteiger partial charge in [-0.05, 0) is 6.42 Å². The lowest BCUT2D eigenvalue weighted by atomic mass is 10.2. The number of thioether (sulfide) groups is 1. The van der Waals surface area contributed by atoms with Gasteiger partial charge in [-0.25, -0.2) is 0 Å². The zero-order valence-corrected chi connectivity index (χ0v) is 12.9. The van der Waals surface area contributed by atoms with Gasteiger partial charge in [-0.1, -0.05) is 49.3 Å². The number of nitrogens with zero attached hydrogens (tertiary/aromatic N) is 4. The van der Waals surface area contributed by atoms with Crippen LogP contribution >= 0.6 is 23.1 Å². The van der Waals surface area contributed by atoms with Crippen LogP contribution in [0.15, 0.2) is 9.13 Å². The van der Waals surface area contributed by atoms with Gasteiger partial charge in [0.05, 0.1) is 4.92 Å². The molecule has 0 spiro atoms. The average Bonchev–Trinajstić information content (AvgIpc) is 2.81. The van der Waals surface area contributed by atoms with Crippen molar-refractivity contribution in [2.45, 2.75) is 36.9 Å². The van der Waals surface area contributed by atoms with Crippen molar-refractivity contribution in [2.24, 2.45) is 0 Å². The highest BCUT2D eigenvalue weighted by Crippen LogP contribution is 2.27. The maximum atomic E-state index is 11.9. The van der Waals surface area contributed by atoms with Crippen LogP contribution in [0.5, 0.6) is 5.88 Å². The summed E-state index contributed by atoms with van der Waals surface area (Å²) in [5, 5.41) is 24.2. The van der Waals surface area contributed by atoms with Crippen molar-refractivity contribution in [3.05, 3.63) is 20.5 Å². The van der Waals surface area contributed by atoms with Gasteiger partial charge >= 0.3 is 17.1 Å². The van der Waals surface area contributed by atoms with Crippen LogP contribution in [-0.2, 0) is 0 Å². The molecular weight excluding hydrogens is 316 g/mol. The Labute approximate surface area is 128 Å². The van der Waals surface area contributed by atoms with E-state index in [1.807, 2.05) is 0 Å². The van der Waals surface area contributed by atoms with Gasteiger partial charge in [0.2, 0.25) is 4.96 Å². The number of fused-ring (bicyclic) bond motifs is 1. The van der Waals surface area contributed by atoms with Crippen molar-refractivity contribution in [1.82, 2.24) is 14.6 Å². The SMILES string of the molecule is CCCCCCSc1nn2c(=O)c([N+](=O)[O-])c(O)nc2s1. The second kappa shape index (κ2) is 6.85. The molecule has 0 saturated heterocycles. The molecule has 0 amide bonds. The van der Waals surface area contributed by atoms with E-state index >= 15 is 0 Å². The molecular formula is C11H14N4O4S2. The fourth-order valence-corrected chi connectivity index (χ4v) is 3.71. The van der Waals surface area contributed by atoms with Crippen LogP contribution in [0.2, 0.25) is 0 Å². The summed E-state index contributed by atoms with van der Waals surface area (Å²) in [6.45, 7) is 2.14. The van der Waals surface area contributed by atoms with E-state index in [4.69, 9.17) is 0 Å². The van der Waals surface area contributed by atoms with Gasteiger partial charge in [0.25, 0.3) is 0 Å². The first-order valence-corrected chi connectivity index (χ1v) is 8.24. The van der Waals surface area contributed by atoms with E-state index in [2.05, 4.69) is 17.0 Å². The maximum absolute atomic E-state index is 11.9. The predicted molar refractivity (Wildman–Crippen MR) is 80.3 cm³/mol. The molecule has 0 radical (unpaired) electrons. The Morgan fingerprint density at radius 1 is 1.43 bits per heavy atom. The number of nitro groups is 1. The first kappa shape index (κ1) is 15.7. The summed E-state index contributed by atoms with van der Waals surface area (Å²) < 4.78 is 1.48. The molecule has 2 aromatic heterocycles. The topological polar surface area (TPSA) is 111 Å². The molecule has 0 aliphatic heterocycles. The van der Waals surface area contributed by atoms with E-state index in [1.54, 1.807) is 0 Å². The average molecular weight is 330 g/mol. The standard InChI is InChI=1S/C11H14N4O4S2/c1-2-3-4-5-6-20-11-13-14-9(17)7(15(18)19)8(16)12-10(14)21-11/h16H,2-6H2,1H3. The fourth-order valence-electron chi connectivity index (χ4n) is 1.71. The zero-order chi connectivity index (χ0) is 15.4.